The van der Waals surface area contributed by atoms with Gasteiger partial charge < -0.3 is 9.73 Å². The topological polar surface area (TPSA) is 25.2 Å². The highest BCUT2D eigenvalue weighted by Crippen LogP contribution is 2.29. The Hall–Kier alpha value is -0.870. The summed E-state index contributed by atoms with van der Waals surface area (Å²) in [4.78, 5) is 0. The molecular formula is C13H15BrFNO. The van der Waals surface area contributed by atoms with Crippen LogP contribution in [0.1, 0.15) is 19.4 Å². The van der Waals surface area contributed by atoms with Crippen molar-refractivity contribution in [2.24, 2.45) is 0 Å². The quantitative estimate of drug-likeness (QED) is 0.927. The molecule has 0 fully saturated rings. The summed E-state index contributed by atoms with van der Waals surface area (Å²) < 4.78 is 19.4. The van der Waals surface area contributed by atoms with E-state index in [0.717, 1.165) is 23.9 Å². The minimum absolute atomic E-state index is 0.246. The van der Waals surface area contributed by atoms with Crippen LogP contribution in [0.3, 0.4) is 0 Å². The van der Waals surface area contributed by atoms with E-state index >= 15 is 0 Å². The van der Waals surface area contributed by atoms with E-state index in [0.29, 0.717) is 16.1 Å². The molecule has 0 saturated heterocycles. The van der Waals surface area contributed by atoms with Gasteiger partial charge in [-0.1, -0.05) is 13.8 Å². The number of halogens is 2. The van der Waals surface area contributed by atoms with Gasteiger partial charge in [-0.15, -0.1) is 0 Å². The monoisotopic (exact) mass is 299 g/mol. The van der Waals surface area contributed by atoms with Gasteiger partial charge >= 0.3 is 0 Å². The van der Waals surface area contributed by atoms with Crippen molar-refractivity contribution in [2.75, 3.05) is 6.54 Å². The van der Waals surface area contributed by atoms with Crippen LogP contribution in [0.25, 0.3) is 11.0 Å². The highest BCUT2D eigenvalue weighted by Gasteiger charge is 2.10. The largest absolute Gasteiger partial charge is 0.463 e. The van der Waals surface area contributed by atoms with Crippen molar-refractivity contribution in [2.45, 2.75) is 26.3 Å². The molecule has 17 heavy (non-hydrogen) atoms. The average Bonchev–Trinajstić information content (AvgIpc) is 2.61. The summed E-state index contributed by atoms with van der Waals surface area (Å²) in [5.74, 6) is -0.246. The first-order chi connectivity index (χ1) is 8.08. The molecule has 0 amide bonds. The van der Waals surface area contributed by atoms with E-state index in [1.165, 1.54) is 12.1 Å². The Balaban J connectivity index is 2.23. The molecular weight excluding hydrogens is 285 g/mol. The fraction of sp³-hybridized carbons (Fsp3) is 0.385. The second kappa shape index (κ2) is 5.19. The van der Waals surface area contributed by atoms with Crippen LogP contribution in [0.5, 0.6) is 0 Å². The van der Waals surface area contributed by atoms with Gasteiger partial charge in [0.1, 0.15) is 11.4 Å². The van der Waals surface area contributed by atoms with E-state index in [1.807, 2.05) is 0 Å². The number of fused-ring (bicyclic) bond motifs is 1. The van der Waals surface area contributed by atoms with Gasteiger partial charge in [0.25, 0.3) is 0 Å². The Bertz CT molecular complexity index is 521. The first kappa shape index (κ1) is 12.6. The van der Waals surface area contributed by atoms with Crippen molar-refractivity contribution in [3.63, 3.8) is 0 Å². The van der Waals surface area contributed by atoms with Gasteiger partial charge in [0.15, 0.2) is 0 Å². The van der Waals surface area contributed by atoms with Crippen molar-refractivity contribution in [3.8, 4) is 0 Å². The van der Waals surface area contributed by atoms with Crippen molar-refractivity contribution in [3.05, 3.63) is 34.2 Å². The van der Waals surface area contributed by atoms with Gasteiger partial charge in [-0.05, 0) is 46.6 Å². The van der Waals surface area contributed by atoms with Crippen molar-refractivity contribution in [1.29, 1.82) is 0 Å². The lowest BCUT2D eigenvalue weighted by Crippen LogP contribution is -2.24. The molecule has 1 N–H and O–H groups in total. The molecule has 2 aromatic rings. The third kappa shape index (κ3) is 2.87. The Kier molecular flexibility index (Phi) is 3.84. The maximum Gasteiger partial charge on any atom is 0.148 e. The zero-order chi connectivity index (χ0) is 12.4. The van der Waals surface area contributed by atoms with E-state index in [1.54, 1.807) is 6.26 Å². The average molecular weight is 300 g/mol. The minimum atomic E-state index is -0.246. The van der Waals surface area contributed by atoms with Crippen molar-refractivity contribution >= 4 is 26.9 Å². The fourth-order valence-electron chi connectivity index (χ4n) is 1.80. The number of furan rings is 1. The Morgan fingerprint density at radius 2 is 2.18 bits per heavy atom. The third-order valence-corrected chi connectivity index (χ3v) is 3.21. The lowest BCUT2D eigenvalue weighted by atomic mass is 10.1. The Morgan fingerprint density at radius 3 is 2.88 bits per heavy atom. The second-order valence-electron chi connectivity index (χ2n) is 4.38. The standard InChI is InChI=1S/C13H15BrFNO/c1-8(2)16-4-3-9-7-17-13-11(9)5-10(15)6-12(13)14/h5-8,16H,3-4H2,1-2H3. The molecule has 0 saturated carbocycles. The summed E-state index contributed by atoms with van der Waals surface area (Å²) in [6.07, 6.45) is 2.54. The maximum absolute atomic E-state index is 13.3. The van der Waals surface area contributed by atoms with Gasteiger partial charge in [-0.2, -0.15) is 0 Å². The molecule has 1 aromatic carbocycles. The summed E-state index contributed by atoms with van der Waals surface area (Å²) in [6.45, 7) is 5.06. The maximum atomic E-state index is 13.3. The van der Waals surface area contributed by atoms with Crippen LogP contribution >= 0.6 is 15.9 Å². The lowest BCUT2D eigenvalue weighted by Gasteiger charge is -2.06. The molecule has 2 rings (SSSR count). The number of rotatable bonds is 4. The highest BCUT2D eigenvalue weighted by atomic mass is 79.9. The van der Waals surface area contributed by atoms with Gasteiger partial charge in [0, 0.05) is 11.4 Å². The van der Waals surface area contributed by atoms with Crippen LogP contribution in [0.15, 0.2) is 27.3 Å². The Morgan fingerprint density at radius 1 is 1.41 bits per heavy atom. The number of hydrogen-bond acceptors (Lipinski definition) is 2. The fourth-order valence-corrected chi connectivity index (χ4v) is 2.33. The molecule has 0 bridgehead atoms. The minimum Gasteiger partial charge on any atom is -0.463 e. The first-order valence-corrected chi connectivity index (χ1v) is 6.45. The number of hydrogen-bond donors (Lipinski definition) is 1. The van der Waals surface area contributed by atoms with Crippen LogP contribution in [0.4, 0.5) is 4.39 Å². The molecule has 0 aliphatic carbocycles. The summed E-state index contributed by atoms with van der Waals surface area (Å²) in [6, 6.07) is 3.40. The SMILES string of the molecule is CC(C)NCCc1coc2c(Br)cc(F)cc12. The third-order valence-electron chi connectivity index (χ3n) is 2.62. The highest BCUT2D eigenvalue weighted by molar-refractivity contribution is 9.10. The molecule has 4 heteroatoms. The van der Waals surface area contributed by atoms with E-state index in [2.05, 4.69) is 35.1 Å². The molecule has 2 nitrogen and oxygen atoms in total. The van der Waals surface area contributed by atoms with E-state index in [-0.39, 0.29) is 5.82 Å². The van der Waals surface area contributed by atoms with Gasteiger partial charge in [0.2, 0.25) is 0 Å². The molecule has 0 spiro atoms. The number of benzene rings is 1. The summed E-state index contributed by atoms with van der Waals surface area (Å²) in [7, 11) is 0. The molecule has 1 heterocycles. The van der Waals surface area contributed by atoms with E-state index in [9.17, 15) is 4.39 Å². The predicted octanol–water partition coefficient (Wildman–Crippen LogP) is 3.87. The normalized spacial score (nSPS) is 11.6. The van der Waals surface area contributed by atoms with Crippen molar-refractivity contribution < 1.29 is 8.81 Å². The van der Waals surface area contributed by atoms with Gasteiger partial charge in [0.05, 0.1) is 10.7 Å². The lowest BCUT2D eigenvalue weighted by molar-refractivity contribution is 0.580. The van der Waals surface area contributed by atoms with E-state index in [4.69, 9.17) is 4.42 Å². The first-order valence-electron chi connectivity index (χ1n) is 5.66. The second-order valence-corrected chi connectivity index (χ2v) is 5.24. The molecule has 0 aliphatic rings. The van der Waals surface area contributed by atoms with E-state index < -0.39 is 0 Å². The van der Waals surface area contributed by atoms with Crippen LogP contribution < -0.4 is 5.32 Å². The van der Waals surface area contributed by atoms with Crippen LogP contribution in [-0.2, 0) is 6.42 Å². The molecule has 0 atom stereocenters. The summed E-state index contributed by atoms with van der Waals surface area (Å²) in [5, 5.41) is 4.18. The molecule has 0 unspecified atom stereocenters. The van der Waals surface area contributed by atoms with Crippen LogP contribution in [0, 0.1) is 5.82 Å². The zero-order valence-corrected chi connectivity index (χ0v) is 11.5. The van der Waals surface area contributed by atoms with Crippen molar-refractivity contribution in [1.82, 2.24) is 5.32 Å². The van der Waals surface area contributed by atoms with Crippen LogP contribution in [-0.4, -0.2) is 12.6 Å². The van der Waals surface area contributed by atoms with Gasteiger partial charge in [-0.25, -0.2) is 4.39 Å². The smallest absolute Gasteiger partial charge is 0.148 e. The summed E-state index contributed by atoms with van der Waals surface area (Å²) >= 11 is 3.30. The number of nitrogens with one attached hydrogen (secondary N) is 1. The molecule has 0 radical (unpaired) electrons. The van der Waals surface area contributed by atoms with Gasteiger partial charge in [-0.3, -0.25) is 0 Å². The predicted molar refractivity (Wildman–Crippen MR) is 70.7 cm³/mol. The molecule has 92 valence electrons. The molecule has 1 aromatic heterocycles. The summed E-state index contributed by atoms with van der Waals surface area (Å²) in [5.41, 5.74) is 1.75. The van der Waals surface area contributed by atoms with Crippen LogP contribution in [0.2, 0.25) is 0 Å². The Labute approximate surface area is 108 Å². The zero-order valence-electron chi connectivity index (χ0n) is 9.89. The molecule has 0 aliphatic heterocycles.